The Balaban J connectivity index is 1.11. The van der Waals surface area contributed by atoms with Gasteiger partial charge in [-0.2, -0.15) is 0 Å². The largest absolute Gasteiger partial charge is 0.493 e. The number of hydrogen-bond acceptors (Lipinski definition) is 6. The first-order valence-electron chi connectivity index (χ1n) is 13.9. The summed E-state index contributed by atoms with van der Waals surface area (Å²) in [5, 5.41) is 0. The SMILES string of the molecule is c1ccc(OCCCCOc2ccccc2CCCN2CCOCC2)c(CCCN2CCOCC2)c1. The summed E-state index contributed by atoms with van der Waals surface area (Å²) < 4.78 is 23.2. The van der Waals surface area contributed by atoms with Gasteiger partial charge in [-0.05, 0) is 74.9 Å². The molecule has 2 aliphatic heterocycles. The summed E-state index contributed by atoms with van der Waals surface area (Å²) in [6, 6.07) is 17.0. The van der Waals surface area contributed by atoms with Crippen molar-refractivity contribution in [3.63, 3.8) is 0 Å². The van der Waals surface area contributed by atoms with Gasteiger partial charge in [0, 0.05) is 26.2 Å². The molecule has 0 amide bonds. The second-order valence-electron chi connectivity index (χ2n) is 9.73. The van der Waals surface area contributed by atoms with Crippen LogP contribution in [-0.2, 0) is 22.3 Å². The third-order valence-corrected chi connectivity index (χ3v) is 7.05. The van der Waals surface area contributed by atoms with Crippen molar-refractivity contribution in [2.75, 3.05) is 78.9 Å². The summed E-state index contributed by atoms with van der Waals surface area (Å²) in [6.45, 7) is 11.4. The molecule has 2 aromatic carbocycles. The number of unbranched alkanes of at least 4 members (excludes halogenated alkanes) is 1. The highest BCUT2D eigenvalue weighted by atomic mass is 16.5. The van der Waals surface area contributed by atoms with E-state index < -0.39 is 0 Å². The maximum atomic E-state index is 6.16. The van der Waals surface area contributed by atoms with Crippen molar-refractivity contribution in [1.82, 2.24) is 9.80 Å². The molecule has 0 saturated carbocycles. The molecule has 2 saturated heterocycles. The predicted molar refractivity (Wildman–Crippen MR) is 144 cm³/mol. The Bertz CT molecular complexity index is 794. The standard InChI is InChI=1S/C30H44N2O4/c1-3-13-29(27(9-1)11-7-15-31-17-23-33-24-18-31)35-21-5-6-22-36-30-14-4-2-10-28(30)12-8-16-32-19-25-34-26-20-32/h1-4,9-10,13-14H,5-8,11-12,15-26H2. The Labute approximate surface area is 217 Å². The van der Waals surface area contributed by atoms with Crippen LogP contribution in [0.25, 0.3) is 0 Å². The second kappa shape index (κ2) is 15.9. The molecule has 0 aliphatic carbocycles. The molecule has 0 N–H and O–H groups in total. The van der Waals surface area contributed by atoms with Gasteiger partial charge < -0.3 is 18.9 Å². The van der Waals surface area contributed by atoms with E-state index in [9.17, 15) is 0 Å². The fourth-order valence-corrected chi connectivity index (χ4v) is 4.91. The summed E-state index contributed by atoms with van der Waals surface area (Å²) in [5.41, 5.74) is 2.63. The lowest BCUT2D eigenvalue weighted by Gasteiger charge is -2.26. The first-order valence-corrected chi connectivity index (χ1v) is 13.9. The Hall–Kier alpha value is -2.12. The minimum absolute atomic E-state index is 0.727. The molecule has 0 aromatic heterocycles. The number of nitrogens with zero attached hydrogens (tertiary/aromatic N) is 2. The Morgan fingerprint density at radius 2 is 0.972 bits per heavy atom. The second-order valence-corrected chi connectivity index (χ2v) is 9.73. The smallest absolute Gasteiger partial charge is 0.122 e. The van der Waals surface area contributed by atoms with Crippen molar-refractivity contribution in [2.45, 2.75) is 38.5 Å². The number of morpholine rings is 2. The molecule has 2 fully saturated rings. The summed E-state index contributed by atoms with van der Waals surface area (Å²) in [6.07, 6.45) is 6.39. The van der Waals surface area contributed by atoms with Crippen molar-refractivity contribution in [3.8, 4) is 11.5 Å². The molecule has 0 bridgehead atoms. The van der Waals surface area contributed by atoms with Crippen LogP contribution in [0.3, 0.4) is 0 Å². The van der Waals surface area contributed by atoms with E-state index in [0.717, 1.165) is 129 Å². The van der Waals surface area contributed by atoms with E-state index >= 15 is 0 Å². The quantitative estimate of drug-likeness (QED) is 0.340. The van der Waals surface area contributed by atoms with E-state index in [4.69, 9.17) is 18.9 Å². The first kappa shape index (κ1) is 26.9. The molecule has 198 valence electrons. The van der Waals surface area contributed by atoms with Gasteiger partial charge in [-0.25, -0.2) is 0 Å². The van der Waals surface area contributed by atoms with E-state index in [1.807, 2.05) is 0 Å². The fourth-order valence-electron chi connectivity index (χ4n) is 4.91. The number of hydrogen-bond donors (Lipinski definition) is 0. The molecule has 0 unspecified atom stereocenters. The average molecular weight is 497 g/mol. The van der Waals surface area contributed by atoms with Gasteiger partial charge in [0.2, 0.25) is 0 Å². The number of rotatable bonds is 15. The van der Waals surface area contributed by atoms with Gasteiger partial charge in [-0.3, -0.25) is 9.80 Å². The molecule has 36 heavy (non-hydrogen) atoms. The van der Waals surface area contributed by atoms with Gasteiger partial charge >= 0.3 is 0 Å². The van der Waals surface area contributed by atoms with Crippen LogP contribution in [0.1, 0.15) is 36.8 Å². The Morgan fingerprint density at radius 1 is 0.556 bits per heavy atom. The maximum absolute atomic E-state index is 6.16. The highest BCUT2D eigenvalue weighted by Gasteiger charge is 2.12. The topological polar surface area (TPSA) is 43.4 Å². The van der Waals surface area contributed by atoms with Crippen molar-refractivity contribution in [3.05, 3.63) is 59.7 Å². The highest BCUT2D eigenvalue weighted by Crippen LogP contribution is 2.22. The third kappa shape index (κ3) is 9.40. The molecule has 2 aromatic rings. The summed E-state index contributed by atoms with van der Waals surface area (Å²) in [5.74, 6) is 2.07. The van der Waals surface area contributed by atoms with Crippen molar-refractivity contribution >= 4 is 0 Å². The zero-order valence-corrected chi connectivity index (χ0v) is 21.9. The van der Waals surface area contributed by atoms with Crippen LogP contribution in [0.2, 0.25) is 0 Å². The molecule has 2 aliphatic rings. The van der Waals surface area contributed by atoms with Crippen LogP contribution < -0.4 is 9.47 Å². The van der Waals surface area contributed by atoms with E-state index in [1.54, 1.807) is 0 Å². The summed E-state index contributed by atoms with van der Waals surface area (Å²) in [4.78, 5) is 4.99. The number of ether oxygens (including phenoxy) is 4. The van der Waals surface area contributed by atoms with E-state index in [-0.39, 0.29) is 0 Å². The monoisotopic (exact) mass is 496 g/mol. The average Bonchev–Trinajstić information content (AvgIpc) is 2.93. The maximum Gasteiger partial charge on any atom is 0.122 e. The van der Waals surface area contributed by atoms with Crippen LogP contribution in [-0.4, -0.2) is 88.7 Å². The van der Waals surface area contributed by atoms with Crippen LogP contribution in [0.5, 0.6) is 11.5 Å². The van der Waals surface area contributed by atoms with Gasteiger partial charge in [-0.1, -0.05) is 36.4 Å². The van der Waals surface area contributed by atoms with Crippen molar-refractivity contribution in [1.29, 1.82) is 0 Å². The molecule has 0 radical (unpaired) electrons. The van der Waals surface area contributed by atoms with Crippen LogP contribution in [0.15, 0.2) is 48.5 Å². The van der Waals surface area contributed by atoms with Crippen molar-refractivity contribution < 1.29 is 18.9 Å². The molecule has 0 atom stereocenters. The minimum atomic E-state index is 0.727. The highest BCUT2D eigenvalue weighted by molar-refractivity contribution is 5.34. The Morgan fingerprint density at radius 3 is 1.42 bits per heavy atom. The van der Waals surface area contributed by atoms with Gasteiger partial charge in [0.1, 0.15) is 11.5 Å². The molecule has 4 rings (SSSR count). The predicted octanol–water partition coefficient (Wildman–Crippen LogP) is 4.45. The van der Waals surface area contributed by atoms with Gasteiger partial charge in [0.05, 0.1) is 39.6 Å². The molecule has 6 heteroatoms. The molecule has 0 spiro atoms. The molecule has 2 heterocycles. The van der Waals surface area contributed by atoms with Gasteiger partial charge in [0.25, 0.3) is 0 Å². The zero-order chi connectivity index (χ0) is 24.7. The van der Waals surface area contributed by atoms with Gasteiger partial charge in [0.15, 0.2) is 0 Å². The fraction of sp³-hybridized carbons (Fsp3) is 0.600. The van der Waals surface area contributed by atoms with Crippen molar-refractivity contribution in [2.24, 2.45) is 0 Å². The first-order chi connectivity index (χ1) is 17.9. The lowest BCUT2D eigenvalue weighted by molar-refractivity contribution is 0.0374. The van der Waals surface area contributed by atoms with E-state index in [2.05, 4.69) is 58.3 Å². The van der Waals surface area contributed by atoms with Crippen LogP contribution in [0, 0.1) is 0 Å². The normalized spacial score (nSPS) is 17.2. The van der Waals surface area contributed by atoms with Gasteiger partial charge in [-0.15, -0.1) is 0 Å². The summed E-state index contributed by atoms with van der Waals surface area (Å²) in [7, 11) is 0. The van der Waals surface area contributed by atoms with E-state index in [0.29, 0.717) is 0 Å². The lowest BCUT2D eigenvalue weighted by atomic mass is 10.1. The third-order valence-electron chi connectivity index (χ3n) is 7.05. The Kier molecular flexibility index (Phi) is 11.9. The number of benzene rings is 2. The van der Waals surface area contributed by atoms with E-state index in [1.165, 1.54) is 11.1 Å². The summed E-state index contributed by atoms with van der Waals surface area (Å²) >= 11 is 0. The molecular formula is C30H44N2O4. The number of aryl methyl sites for hydroxylation is 2. The molecule has 6 nitrogen and oxygen atoms in total. The lowest BCUT2D eigenvalue weighted by Crippen LogP contribution is -2.36. The zero-order valence-electron chi connectivity index (χ0n) is 21.9. The number of para-hydroxylation sites is 2. The van der Waals surface area contributed by atoms with Crippen LogP contribution in [0.4, 0.5) is 0 Å². The minimum Gasteiger partial charge on any atom is -0.493 e. The molecular weight excluding hydrogens is 452 g/mol. The van der Waals surface area contributed by atoms with Crippen LogP contribution >= 0.6 is 0 Å².